The van der Waals surface area contributed by atoms with Crippen molar-refractivity contribution in [1.82, 2.24) is 14.6 Å². The molecule has 0 saturated heterocycles. The average Bonchev–Trinajstić information content (AvgIpc) is 2.70. The molecule has 0 atom stereocenters. The number of aromatic nitrogens is 2. The van der Waals surface area contributed by atoms with E-state index in [9.17, 15) is 9.59 Å². The molecule has 0 radical (unpaired) electrons. The Morgan fingerprint density at radius 1 is 1.25 bits per heavy atom. The third kappa shape index (κ3) is 2.22. The summed E-state index contributed by atoms with van der Waals surface area (Å²) >= 11 is 0. The molecule has 2 aromatic rings. The van der Waals surface area contributed by atoms with Crippen LogP contribution < -0.4 is 17.0 Å². The minimum Gasteiger partial charge on any atom is -0.294 e. The summed E-state index contributed by atoms with van der Waals surface area (Å²) in [6.45, 7) is 6.33. The van der Waals surface area contributed by atoms with Crippen molar-refractivity contribution in [2.75, 3.05) is 0 Å². The number of nitrogens with one attached hydrogen (secondary N) is 1. The van der Waals surface area contributed by atoms with Crippen molar-refractivity contribution < 1.29 is 4.79 Å². The Hall–Kier alpha value is -2.08. The SMILES string of the molecule is CCn1c(=O)n(CC(C)(C)C(=O)NN)c2ccccc21. The van der Waals surface area contributed by atoms with Crippen LogP contribution in [0.5, 0.6) is 0 Å². The number of carbonyl (C=O) groups is 1. The third-order valence-corrected chi connectivity index (χ3v) is 3.54. The first-order chi connectivity index (χ1) is 9.42. The van der Waals surface area contributed by atoms with E-state index < -0.39 is 5.41 Å². The van der Waals surface area contributed by atoms with E-state index in [2.05, 4.69) is 5.43 Å². The van der Waals surface area contributed by atoms with Crippen molar-refractivity contribution in [3.05, 3.63) is 34.7 Å². The van der Waals surface area contributed by atoms with Crippen LogP contribution in [-0.4, -0.2) is 15.0 Å². The van der Waals surface area contributed by atoms with Gasteiger partial charge in [-0.2, -0.15) is 0 Å². The largest absolute Gasteiger partial charge is 0.329 e. The Kier molecular flexibility index (Phi) is 3.67. The second kappa shape index (κ2) is 5.13. The molecule has 0 fully saturated rings. The number of hydrogen-bond donors (Lipinski definition) is 2. The molecular weight excluding hydrogens is 256 g/mol. The third-order valence-electron chi connectivity index (χ3n) is 3.54. The maximum Gasteiger partial charge on any atom is 0.329 e. The van der Waals surface area contributed by atoms with Crippen LogP contribution in [0.4, 0.5) is 0 Å². The lowest BCUT2D eigenvalue weighted by molar-refractivity contribution is -0.130. The molecular formula is C14H20N4O2. The number of imidazole rings is 1. The number of aryl methyl sites for hydroxylation is 1. The second-order valence-electron chi connectivity index (χ2n) is 5.46. The normalized spacial score (nSPS) is 11.8. The van der Waals surface area contributed by atoms with Crippen molar-refractivity contribution >= 4 is 16.9 Å². The van der Waals surface area contributed by atoms with E-state index in [4.69, 9.17) is 5.84 Å². The molecule has 1 amide bonds. The Bertz CT molecular complexity index is 697. The van der Waals surface area contributed by atoms with Gasteiger partial charge in [-0.15, -0.1) is 0 Å². The van der Waals surface area contributed by atoms with E-state index in [-0.39, 0.29) is 18.1 Å². The highest BCUT2D eigenvalue weighted by Gasteiger charge is 2.29. The first-order valence-corrected chi connectivity index (χ1v) is 6.61. The Morgan fingerprint density at radius 3 is 2.30 bits per heavy atom. The molecule has 0 unspecified atom stereocenters. The summed E-state index contributed by atoms with van der Waals surface area (Å²) in [5, 5.41) is 0. The first kappa shape index (κ1) is 14.3. The first-order valence-electron chi connectivity index (χ1n) is 6.61. The number of hydrogen-bond acceptors (Lipinski definition) is 3. The zero-order chi connectivity index (χ0) is 14.9. The maximum absolute atomic E-state index is 12.5. The van der Waals surface area contributed by atoms with Gasteiger partial charge in [-0.3, -0.25) is 19.4 Å². The van der Waals surface area contributed by atoms with Crippen LogP contribution >= 0.6 is 0 Å². The molecule has 0 saturated carbocycles. The summed E-state index contributed by atoms with van der Waals surface area (Å²) in [5.41, 5.74) is 2.99. The van der Waals surface area contributed by atoms with E-state index in [0.29, 0.717) is 6.54 Å². The van der Waals surface area contributed by atoms with Crippen LogP contribution in [-0.2, 0) is 17.9 Å². The van der Waals surface area contributed by atoms with Crippen molar-refractivity contribution in [2.45, 2.75) is 33.9 Å². The zero-order valence-corrected chi connectivity index (χ0v) is 12.0. The summed E-state index contributed by atoms with van der Waals surface area (Å²) in [4.78, 5) is 24.3. The summed E-state index contributed by atoms with van der Waals surface area (Å²) in [5.74, 6) is 4.91. The Labute approximate surface area is 117 Å². The number of hydrazine groups is 1. The molecule has 6 heteroatoms. The van der Waals surface area contributed by atoms with Crippen molar-refractivity contribution in [2.24, 2.45) is 11.3 Å². The number of fused-ring (bicyclic) bond motifs is 1. The van der Waals surface area contributed by atoms with Crippen LogP contribution in [0.1, 0.15) is 20.8 Å². The molecule has 0 spiro atoms. The van der Waals surface area contributed by atoms with E-state index in [1.54, 1.807) is 23.0 Å². The maximum atomic E-state index is 12.5. The van der Waals surface area contributed by atoms with Gasteiger partial charge >= 0.3 is 5.69 Å². The Balaban J connectivity index is 2.58. The van der Waals surface area contributed by atoms with Gasteiger partial charge in [0.15, 0.2) is 0 Å². The van der Waals surface area contributed by atoms with Crippen molar-refractivity contribution in [3.63, 3.8) is 0 Å². The van der Waals surface area contributed by atoms with Gasteiger partial charge in [-0.25, -0.2) is 10.6 Å². The fourth-order valence-electron chi connectivity index (χ4n) is 2.39. The lowest BCUT2D eigenvalue weighted by Gasteiger charge is -2.22. The lowest BCUT2D eigenvalue weighted by Crippen LogP contribution is -2.44. The highest BCUT2D eigenvalue weighted by Crippen LogP contribution is 2.21. The standard InChI is InChI=1S/C14H20N4O2/c1-4-17-10-7-5-6-8-11(10)18(13(17)20)9-14(2,3)12(19)16-15/h5-8H,4,9,15H2,1-3H3,(H,16,19). The van der Waals surface area contributed by atoms with Crippen LogP contribution in [0.25, 0.3) is 11.0 Å². The molecule has 20 heavy (non-hydrogen) atoms. The van der Waals surface area contributed by atoms with E-state index in [1.807, 2.05) is 31.2 Å². The van der Waals surface area contributed by atoms with E-state index in [0.717, 1.165) is 11.0 Å². The smallest absolute Gasteiger partial charge is 0.294 e. The summed E-state index contributed by atoms with van der Waals surface area (Å²) in [6.07, 6.45) is 0. The van der Waals surface area contributed by atoms with Gasteiger partial charge in [0, 0.05) is 13.1 Å². The molecule has 6 nitrogen and oxygen atoms in total. The summed E-state index contributed by atoms with van der Waals surface area (Å²) in [6, 6.07) is 7.58. The van der Waals surface area contributed by atoms with Crippen LogP contribution in [0.2, 0.25) is 0 Å². The highest BCUT2D eigenvalue weighted by atomic mass is 16.2. The topological polar surface area (TPSA) is 82.0 Å². The van der Waals surface area contributed by atoms with Gasteiger partial charge in [-0.1, -0.05) is 12.1 Å². The quantitative estimate of drug-likeness (QED) is 0.493. The Morgan fingerprint density at radius 2 is 1.80 bits per heavy atom. The summed E-state index contributed by atoms with van der Waals surface area (Å²) in [7, 11) is 0. The minimum absolute atomic E-state index is 0.105. The molecule has 108 valence electrons. The number of nitrogens with two attached hydrogens (primary N) is 1. The van der Waals surface area contributed by atoms with Crippen molar-refractivity contribution in [3.8, 4) is 0 Å². The molecule has 1 aromatic heterocycles. The van der Waals surface area contributed by atoms with Crippen molar-refractivity contribution in [1.29, 1.82) is 0 Å². The van der Waals surface area contributed by atoms with Gasteiger partial charge in [0.1, 0.15) is 0 Å². The number of para-hydroxylation sites is 2. The second-order valence-corrected chi connectivity index (χ2v) is 5.46. The number of amides is 1. The highest BCUT2D eigenvalue weighted by molar-refractivity contribution is 5.81. The lowest BCUT2D eigenvalue weighted by atomic mass is 9.92. The zero-order valence-electron chi connectivity index (χ0n) is 12.0. The van der Waals surface area contributed by atoms with Gasteiger partial charge in [0.05, 0.1) is 16.4 Å². The molecule has 0 aliphatic heterocycles. The fourth-order valence-corrected chi connectivity index (χ4v) is 2.39. The van der Waals surface area contributed by atoms with Crippen LogP contribution in [0.3, 0.4) is 0 Å². The number of rotatable bonds is 4. The summed E-state index contributed by atoms with van der Waals surface area (Å²) < 4.78 is 3.33. The molecule has 0 bridgehead atoms. The average molecular weight is 276 g/mol. The molecule has 1 heterocycles. The molecule has 3 N–H and O–H groups in total. The van der Waals surface area contributed by atoms with E-state index in [1.165, 1.54) is 0 Å². The molecule has 2 rings (SSSR count). The van der Waals surface area contributed by atoms with Gasteiger partial charge in [0.2, 0.25) is 5.91 Å². The fraction of sp³-hybridized carbons (Fsp3) is 0.429. The molecule has 1 aromatic carbocycles. The van der Waals surface area contributed by atoms with Gasteiger partial charge < -0.3 is 0 Å². The van der Waals surface area contributed by atoms with Gasteiger partial charge in [-0.05, 0) is 32.9 Å². The predicted molar refractivity (Wildman–Crippen MR) is 78.0 cm³/mol. The monoisotopic (exact) mass is 276 g/mol. The van der Waals surface area contributed by atoms with E-state index >= 15 is 0 Å². The van der Waals surface area contributed by atoms with Gasteiger partial charge in [0.25, 0.3) is 0 Å². The van der Waals surface area contributed by atoms with Crippen LogP contribution in [0, 0.1) is 5.41 Å². The number of benzene rings is 1. The molecule has 0 aliphatic rings. The number of carbonyl (C=O) groups excluding carboxylic acids is 1. The van der Waals surface area contributed by atoms with Crippen LogP contribution in [0.15, 0.2) is 29.1 Å². The number of nitrogens with zero attached hydrogens (tertiary/aromatic N) is 2. The predicted octanol–water partition coefficient (Wildman–Crippen LogP) is 0.839. The molecule has 0 aliphatic carbocycles. The minimum atomic E-state index is -0.763.